The number of piperidine rings is 1. The summed E-state index contributed by atoms with van der Waals surface area (Å²) >= 11 is 0. The van der Waals surface area contributed by atoms with Crippen molar-refractivity contribution in [3.63, 3.8) is 0 Å². The zero-order valence-corrected chi connectivity index (χ0v) is 16.6. The van der Waals surface area contributed by atoms with Gasteiger partial charge in [-0.1, -0.05) is 13.3 Å². The third-order valence-corrected chi connectivity index (χ3v) is 4.04. The number of esters is 1. The molecule has 0 unspecified atom stereocenters. The first kappa shape index (κ1) is 22.4. The van der Waals surface area contributed by atoms with Crippen molar-refractivity contribution in [2.24, 2.45) is 0 Å². The lowest BCUT2D eigenvalue weighted by Gasteiger charge is -2.26. The van der Waals surface area contributed by atoms with Crippen molar-refractivity contribution in [2.75, 3.05) is 38.3 Å². The van der Waals surface area contributed by atoms with Gasteiger partial charge < -0.3 is 19.5 Å². The van der Waals surface area contributed by atoms with Gasteiger partial charge in [0.25, 0.3) is 0 Å². The molecule has 0 radical (unpaired) electrons. The first-order valence-electron chi connectivity index (χ1n) is 8.96. The van der Waals surface area contributed by atoms with Crippen molar-refractivity contribution in [1.29, 1.82) is 0 Å². The van der Waals surface area contributed by atoms with E-state index >= 15 is 0 Å². The topological polar surface area (TPSA) is 100.0 Å². The highest BCUT2D eigenvalue weighted by atomic mass is 32.2. The van der Waals surface area contributed by atoms with Crippen LogP contribution in [0.25, 0.3) is 0 Å². The van der Waals surface area contributed by atoms with Gasteiger partial charge in [0.2, 0.25) is 0 Å². The number of rotatable bonds is 6. The Labute approximate surface area is 156 Å². The van der Waals surface area contributed by atoms with E-state index in [2.05, 4.69) is 19.3 Å². The molecule has 1 fully saturated rings. The summed E-state index contributed by atoms with van der Waals surface area (Å²) in [6.45, 7) is 5.31. The van der Waals surface area contributed by atoms with Crippen LogP contribution in [0.4, 0.5) is 5.69 Å². The van der Waals surface area contributed by atoms with Crippen LogP contribution in [-0.2, 0) is 14.9 Å². The summed E-state index contributed by atoms with van der Waals surface area (Å²) in [6.07, 6.45) is 4.95. The molecule has 8 heteroatoms. The average Bonchev–Trinajstić information content (AvgIpc) is 2.56. The Bertz CT molecular complexity index is 630. The standard InChI is InChI=1S/C17H26N2O2.CH4O3S/c1-3-4-11-18-15-7-5-14(6-8-15)17(20)21-16-9-12-19(2)13-10-16;1-5(2,3)4/h5-8,16,18H,3-4,9-13H2,1-2H3;1H3,(H,2,3,4). The summed E-state index contributed by atoms with van der Waals surface area (Å²) < 4.78 is 32.8. The average molecular weight is 387 g/mol. The van der Waals surface area contributed by atoms with E-state index in [1.54, 1.807) is 0 Å². The second kappa shape index (κ2) is 11.2. The highest BCUT2D eigenvalue weighted by Crippen LogP contribution is 2.13. The molecule has 2 N–H and O–H groups in total. The van der Waals surface area contributed by atoms with Gasteiger partial charge >= 0.3 is 5.97 Å². The number of benzene rings is 1. The molecule has 1 aliphatic rings. The summed E-state index contributed by atoms with van der Waals surface area (Å²) in [4.78, 5) is 13.6. The van der Waals surface area contributed by atoms with Gasteiger partial charge in [-0.2, -0.15) is 0 Å². The highest BCUT2D eigenvalue weighted by molar-refractivity contribution is 7.84. The fourth-order valence-electron chi connectivity index (χ4n) is 2.56. The van der Waals surface area contributed by atoms with Gasteiger partial charge in [-0.15, -0.1) is 0 Å². The van der Waals surface area contributed by atoms with Crippen LogP contribution in [0.1, 0.15) is 43.0 Å². The molecule has 1 saturated heterocycles. The van der Waals surface area contributed by atoms with Gasteiger partial charge in [0, 0.05) is 31.3 Å². The predicted molar refractivity (Wildman–Crippen MR) is 101 cm³/mol. The molecule has 1 heterocycles. The number of unbranched alkanes of at least 4 members (excludes halogenated alkanes) is 1. The van der Waals surface area contributed by atoms with Crippen molar-refractivity contribution >= 4 is 21.8 Å². The van der Waals surface area contributed by atoms with Gasteiger partial charge in [-0.05, 0) is 30.7 Å². The quantitative estimate of drug-likeness (QED) is 0.428. The van der Waals surface area contributed by atoms with Gasteiger partial charge in [-0.3, -0.25) is 0 Å². The first-order valence-corrected chi connectivity index (χ1v) is 10.8. The van der Waals surface area contributed by atoms with E-state index in [0.29, 0.717) is 11.8 Å². The van der Waals surface area contributed by atoms with Crippen LogP contribution in [0.2, 0.25) is 0 Å². The Morgan fingerprint density at radius 3 is 2.31 bits per heavy atom. The number of likely N-dealkylation sites (tertiary alicyclic amines) is 1. The maximum absolute atomic E-state index is 12.1. The number of quaternary nitrogens is 1. The van der Waals surface area contributed by atoms with Crippen LogP contribution in [0, 0.1) is 0 Å². The Morgan fingerprint density at radius 1 is 1.27 bits per heavy atom. The van der Waals surface area contributed by atoms with E-state index < -0.39 is 10.1 Å². The number of anilines is 1. The molecule has 1 aliphatic heterocycles. The molecule has 0 bridgehead atoms. The zero-order valence-electron chi connectivity index (χ0n) is 15.8. The second-order valence-electron chi connectivity index (χ2n) is 6.62. The Hall–Kier alpha value is -1.64. The SMILES string of the molecule is CCCCNc1ccc(C(=O)OC2CC[NH+](C)CC2)cc1.CS(=O)(=O)[O-]. The van der Waals surface area contributed by atoms with Crippen molar-refractivity contribution < 1.29 is 27.4 Å². The number of ether oxygens (including phenoxy) is 1. The third-order valence-electron chi connectivity index (χ3n) is 4.04. The lowest BCUT2D eigenvalue weighted by atomic mass is 10.1. The van der Waals surface area contributed by atoms with E-state index in [0.717, 1.165) is 44.6 Å². The number of carbonyl (C=O) groups excluding carboxylic acids is 1. The normalized spacial score (nSPS) is 19.8. The summed E-state index contributed by atoms with van der Waals surface area (Å²) in [5.74, 6) is -0.195. The van der Waals surface area contributed by atoms with Crippen molar-refractivity contribution in [2.45, 2.75) is 38.7 Å². The summed E-state index contributed by atoms with van der Waals surface area (Å²) in [5, 5.41) is 3.34. The van der Waals surface area contributed by atoms with Crippen LogP contribution in [-0.4, -0.2) is 58.0 Å². The van der Waals surface area contributed by atoms with E-state index in [-0.39, 0.29) is 12.1 Å². The van der Waals surface area contributed by atoms with Gasteiger partial charge in [0.15, 0.2) is 0 Å². The molecule has 0 aliphatic carbocycles. The second-order valence-corrected chi connectivity index (χ2v) is 8.03. The highest BCUT2D eigenvalue weighted by Gasteiger charge is 2.23. The molecule has 1 aromatic carbocycles. The molecule has 26 heavy (non-hydrogen) atoms. The summed E-state index contributed by atoms with van der Waals surface area (Å²) in [7, 11) is -1.73. The molecule has 0 amide bonds. The number of nitrogens with one attached hydrogen (secondary N) is 2. The molecule has 0 saturated carbocycles. The lowest BCUT2D eigenvalue weighted by molar-refractivity contribution is -0.885. The molecule has 0 spiro atoms. The largest absolute Gasteiger partial charge is 0.748 e. The smallest absolute Gasteiger partial charge is 0.338 e. The first-order chi connectivity index (χ1) is 12.2. The Kier molecular flexibility index (Phi) is 9.61. The monoisotopic (exact) mass is 386 g/mol. The number of hydrogen-bond acceptors (Lipinski definition) is 6. The van der Waals surface area contributed by atoms with E-state index in [1.165, 1.54) is 11.3 Å². The minimum atomic E-state index is -3.92. The Morgan fingerprint density at radius 2 is 1.81 bits per heavy atom. The summed E-state index contributed by atoms with van der Waals surface area (Å²) in [5.41, 5.74) is 1.70. The van der Waals surface area contributed by atoms with Crippen LogP contribution < -0.4 is 10.2 Å². The fourth-order valence-corrected chi connectivity index (χ4v) is 2.56. The maximum atomic E-state index is 12.1. The van der Waals surface area contributed by atoms with Crippen LogP contribution in [0.15, 0.2) is 24.3 Å². The zero-order chi connectivity index (χ0) is 19.6. The number of hydrogen-bond donors (Lipinski definition) is 2. The van der Waals surface area contributed by atoms with Crippen LogP contribution in [0.5, 0.6) is 0 Å². The lowest BCUT2D eigenvalue weighted by Crippen LogP contribution is -3.10. The Balaban J connectivity index is 0.000000597. The molecule has 0 aromatic heterocycles. The summed E-state index contributed by atoms with van der Waals surface area (Å²) in [6, 6.07) is 7.59. The van der Waals surface area contributed by atoms with Crippen molar-refractivity contribution in [3.8, 4) is 0 Å². The number of carbonyl (C=O) groups is 1. The van der Waals surface area contributed by atoms with Crippen LogP contribution >= 0.6 is 0 Å². The minimum absolute atomic E-state index is 0.0866. The molecule has 148 valence electrons. The van der Waals surface area contributed by atoms with E-state index in [1.807, 2.05) is 24.3 Å². The van der Waals surface area contributed by atoms with Gasteiger partial charge in [0.05, 0.1) is 35.8 Å². The van der Waals surface area contributed by atoms with Crippen LogP contribution in [0.3, 0.4) is 0 Å². The van der Waals surface area contributed by atoms with Crippen molar-refractivity contribution in [3.05, 3.63) is 29.8 Å². The maximum Gasteiger partial charge on any atom is 0.338 e. The molecule has 0 atom stereocenters. The fraction of sp³-hybridized carbons (Fsp3) is 0.611. The minimum Gasteiger partial charge on any atom is -0.748 e. The molecule has 7 nitrogen and oxygen atoms in total. The molecular formula is C18H30N2O5S. The third kappa shape index (κ3) is 10.4. The predicted octanol–water partition coefficient (Wildman–Crippen LogP) is 0.894. The molecule has 1 aromatic rings. The van der Waals surface area contributed by atoms with Crippen molar-refractivity contribution in [1.82, 2.24) is 0 Å². The molecule has 2 rings (SSSR count). The van der Waals surface area contributed by atoms with Gasteiger partial charge in [0.1, 0.15) is 6.10 Å². The van der Waals surface area contributed by atoms with Gasteiger partial charge in [-0.25, -0.2) is 13.2 Å². The van der Waals surface area contributed by atoms with E-state index in [9.17, 15) is 4.79 Å². The molecular weight excluding hydrogens is 356 g/mol. The van der Waals surface area contributed by atoms with E-state index in [4.69, 9.17) is 17.7 Å².